The highest BCUT2D eigenvalue weighted by Gasteiger charge is 2.10. The Bertz CT molecular complexity index is 371. The lowest BCUT2D eigenvalue weighted by atomic mass is 10.3. The van der Waals surface area contributed by atoms with Crippen LogP contribution in [0.1, 0.15) is 25.7 Å². The van der Waals surface area contributed by atoms with E-state index in [4.69, 9.17) is 21.1 Å². The van der Waals surface area contributed by atoms with E-state index in [0.29, 0.717) is 0 Å². The van der Waals surface area contributed by atoms with Crippen molar-refractivity contribution in [3.63, 3.8) is 0 Å². The summed E-state index contributed by atoms with van der Waals surface area (Å²) in [5.41, 5.74) is 0. The second-order valence-corrected chi connectivity index (χ2v) is 5.80. The highest BCUT2D eigenvalue weighted by atomic mass is 35.5. The number of ether oxygens (including phenoxy) is 2. The molecule has 1 aliphatic heterocycles. The molecule has 4 heteroatoms. The van der Waals surface area contributed by atoms with E-state index in [1.54, 1.807) is 0 Å². The zero-order chi connectivity index (χ0) is 12.6. The number of thioether (sulfide) groups is 1. The van der Waals surface area contributed by atoms with Crippen molar-refractivity contribution in [3.05, 3.63) is 18.2 Å². The predicted molar refractivity (Wildman–Crippen MR) is 77.3 cm³/mol. The van der Waals surface area contributed by atoms with Crippen LogP contribution in [0.25, 0.3) is 0 Å². The van der Waals surface area contributed by atoms with Gasteiger partial charge < -0.3 is 9.47 Å². The van der Waals surface area contributed by atoms with Crippen molar-refractivity contribution in [2.24, 2.45) is 0 Å². The Kier molecular flexibility index (Phi) is 6.01. The van der Waals surface area contributed by atoms with Crippen LogP contribution in [0.2, 0.25) is 0 Å². The maximum absolute atomic E-state index is 5.68. The molecule has 0 N–H and O–H groups in total. The first-order valence-corrected chi connectivity index (χ1v) is 8.00. The Hall–Kier alpha value is -0.540. The average Bonchev–Trinajstić information content (AvgIpc) is 2.63. The molecule has 0 bridgehead atoms. The van der Waals surface area contributed by atoms with E-state index < -0.39 is 0 Å². The van der Waals surface area contributed by atoms with Gasteiger partial charge in [-0.25, -0.2) is 0 Å². The van der Waals surface area contributed by atoms with E-state index in [9.17, 15) is 0 Å². The summed E-state index contributed by atoms with van der Waals surface area (Å²) in [4.78, 5) is 1.25. The monoisotopic (exact) mass is 286 g/mol. The maximum Gasteiger partial charge on any atom is 0.162 e. The quantitative estimate of drug-likeness (QED) is 0.440. The Morgan fingerprint density at radius 1 is 1.06 bits per heavy atom. The molecule has 1 aliphatic rings. The Balaban J connectivity index is 1.84. The number of rotatable bonds is 6. The summed E-state index contributed by atoms with van der Waals surface area (Å²) in [6.45, 7) is 1.49. The molecule has 0 aromatic heterocycles. The van der Waals surface area contributed by atoms with Crippen LogP contribution in [0.5, 0.6) is 11.5 Å². The summed E-state index contributed by atoms with van der Waals surface area (Å²) in [6.07, 6.45) is 4.49. The Labute approximate surface area is 118 Å². The highest BCUT2D eigenvalue weighted by molar-refractivity contribution is 7.99. The lowest BCUT2D eigenvalue weighted by molar-refractivity contribution is 0.297. The van der Waals surface area contributed by atoms with Gasteiger partial charge in [0.25, 0.3) is 0 Å². The maximum atomic E-state index is 5.68. The van der Waals surface area contributed by atoms with Crippen molar-refractivity contribution >= 4 is 23.4 Å². The zero-order valence-corrected chi connectivity index (χ0v) is 12.1. The summed E-state index contributed by atoms with van der Waals surface area (Å²) in [5, 5.41) is 0. The average molecular weight is 287 g/mol. The number of alkyl halides is 1. The minimum Gasteiger partial charge on any atom is -0.490 e. The summed E-state index contributed by atoms with van der Waals surface area (Å²) in [5.74, 6) is 3.67. The molecular weight excluding hydrogens is 268 g/mol. The first-order valence-electron chi connectivity index (χ1n) is 6.48. The van der Waals surface area contributed by atoms with Gasteiger partial charge in [0, 0.05) is 17.2 Å². The summed E-state index contributed by atoms with van der Waals surface area (Å²) in [6, 6.07) is 6.22. The number of benzene rings is 1. The third-order valence-corrected chi connectivity index (χ3v) is 4.11. The van der Waals surface area contributed by atoms with E-state index in [1.165, 1.54) is 17.7 Å². The van der Waals surface area contributed by atoms with Gasteiger partial charge in [-0.2, -0.15) is 0 Å². The van der Waals surface area contributed by atoms with Crippen molar-refractivity contribution < 1.29 is 9.47 Å². The van der Waals surface area contributed by atoms with Gasteiger partial charge in [-0.15, -0.1) is 23.4 Å². The minimum atomic E-state index is 0.747. The molecule has 2 nitrogen and oxygen atoms in total. The number of unbranched alkanes of at least 4 members (excludes halogenated alkanes) is 2. The fourth-order valence-corrected chi connectivity index (χ4v) is 2.92. The number of fused-ring (bicyclic) bond motifs is 1. The molecule has 2 rings (SSSR count). The van der Waals surface area contributed by atoms with Gasteiger partial charge in [-0.1, -0.05) is 6.42 Å². The van der Waals surface area contributed by atoms with Gasteiger partial charge in [0.1, 0.15) is 0 Å². The number of halogens is 1. The fourth-order valence-electron chi connectivity index (χ4n) is 1.80. The number of hydrogen-bond donors (Lipinski definition) is 0. The van der Waals surface area contributed by atoms with Crippen LogP contribution in [0, 0.1) is 0 Å². The van der Waals surface area contributed by atoms with Crippen LogP contribution in [0.3, 0.4) is 0 Å². The summed E-state index contributed by atoms with van der Waals surface area (Å²) < 4.78 is 11.3. The molecule has 0 fully saturated rings. The van der Waals surface area contributed by atoms with Crippen LogP contribution in [-0.2, 0) is 0 Å². The van der Waals surface area contributed by atoms with E-state index in [-0.39, 0.29) is 0 Å². The Morgan fingerprint density at radius 3 is 2.72 bits per heavy atom. The van der Waals surface area contributed by atoms with Gasteiger partial charge in [-0.05, 0) is 36.8 Å². The summed E-state index contributed by atoms with van der Waals surface area (Å²) in [7, 11) is 0. The van der Waals surface area contributed by atoms with Gasteiger partial charge in [0.2, 0.25) is 0 Å². The van der Waals surface area contributed by atoms with E-state index in [2.05, 4.69) is 12.1 Å². The normalized spacial score (nSPS) is 14.3. The third kappa shape index (κ3) is 4.29. The van der Waals surface area contributed by atoms with E-state index >= 15 is 0 Å². The molecule has 1 aromatic rings. The molecule has 0 saturated carbocycles. The van der Waals surface area contributed by atoms with Crippen LogP contribution in [0.4, 0.5) is 0 Å². The van der Waals surface area contributed by atoms with E-state index in [0.717, 1.165) is 49.2 Å². The van der Waals surface area contributed by atoms with Crippen LogP contribution in [-0.4, -0.2) is 24.8 Å². The molecule has 1 aromatic carbocycles. The molecule has 0 atom stereocenters. The van der Waals surface area contributed by atoms with Crippen molar-refractivity contribution in [3.8, 4) is 11.5 Å². The molecule has 0 radical (unpaired) electrons. The van der Waals surface area contributed by atoms with Crippen molar-refractivity contribution in [1.82, 2.24) is 0 Å². The molecule has 0 aliphatic carbocycles. The van der Waals surface area contributed by atoms with Gasteiger partial charge in [-0.3, -0.25) is 0 Å². The zero-order valence-electron chi connectivity index (χ0n) is 10.5. The standard InChI is InChI=1S/C14H19ClO2S/c15-7-2-1-3-10-18-12-5-6-13-14(11-12)17-9-4-8-16-13/h5-6,11H,1-4,7-10H2. The van der Waals surface area contributed by atoms with Crippen LogP contribution >= 0.6 is 23.4 Å². The molecule has 0 amide bonds. The second-order valence-electron chi connectivity index (χ2n) is 4.26. The van der Waals surface area contributed by atoms with E-state index in [1.807, 2.05) is 17.8 Å². The fraction of sp³-hybridized carbons (Fsp3) is 0.571. The summed E-state index contributed by atoms with van der Waals surface area (Å²) >= 11 is 7.53. The molecule has 0 spiro atoms. The first kappa shape index (κ1) is 13.9. The molecule has 100 valence electrons. The predicted octanol–water partition coefficient (Wildman–Crippen LogP) is 4.35. The topological polar surface area (TPSA) is 18.5 Å². The first-order chi connectivity index (χ1) is 8.90. The lowest BCUT2D eigenvalue weighted by Gasteiger charge is -2.09. The molecule has 0 saturated heterocycles. The van der Waals surface area contributed by atoms with Crippen molar-refractivity contribution in [2.75, 3.05) is 24.8 Å². The molecule has 18 heavy (non-hydrogen) atoms. The lowest BCUT2D eigenvalue weighted by Crippen LogP contribution is -1.97. The van der Waals surface area contributed by atoms with Crippen LogP contribution in [0.15, 0.2) is 23.1 Å². The van der Waals surface area contributed by atoms with Crippen molar-refractivity contribution in [2.45, 2.75) is 30.6 Å². The number of hydrogen-bond acceptors (Lipinski definition) is 3. The minimum absolute atomic E-state index is 0.747. The van der Waals surface area contributed by atoms with Gasteiger partial charge in [0.05, 0.1) is 13.2 Å². The SMILES string of the molecule is ClCCCCCSc1ccc2c(c1)OCCCO2. The van der Waals surface area contributed by atoms with Gasteiger partial charge in [0.15, 0.2) is 11.5 Å². The molecular formula is C14H19ClO2S. The van der Waals surface area contributed by atoms with Gasteiger partial charge >= 0.3 is 0 Å². The highest BCUT2D eigenvalue weighted by Crippen LogP contribution is 2.34. The smallest absolute Gasteiger partial charge is 0.162 e. The van der Waals surface area contributed by atoms with Crippen LogP contribution < -0.4 is 9.47 Å². The van der Waals surface area contributed by atoms with Crippen molar-refractivity contribution in [1.29, 1.82) is 0 Å². The largest absolute Gasteiger partial charge is 0.490 e. The molecule has 0 unspecified atom stereocenters. The Morgan fingerprint density at radius 2 is 1.89 bits per heavy atom. The molecule has 1 heterocycles. The second kappa shape index (κ2) is 7.80. The third-order valence-electron chi connectivity index (χ3n) is 2.77.